The lowest BCUT2D eigenvalue weighted by atomic mass is 10.2. The van der Waals surface area contributed by atoms with Crippen molar-refractivity contribution in [1.29, 1.82) is 0 Å². The van der Waals surface area contributed by atoms with Crippen LogP contribution in [0.15, 0.2) is 45.9 Å². The number of anilines is 1. The lowest BCUT2D eigenvalue weighted by Gasteiger charge is -2.15. The summed E-state index contributed by atoms with van der Waals surface area (Å²) in [5.41, 5.74) is 6.78. The van der Waals surface area contributed by atoms with E-state index in [2.05, 4.69) is 4.72 Å². The molecule has 2 rings (SSSR count). The largest absolute Gasteiger partial charge is 0.469 e. The molecule has 3 N–H and O–H groups in total. The summed E-state index contributed by atoms with van der Waals surface area (Å²) in [5, 5.41) is 0. The maximum Gasteiger partial charge on any atom is 0.241 e. The number of sulfonamides is 1. The van der Waals surface area contributed by atoms with Gasteiger partial charge in [0.25, 0.3) is 0 Å². The van der Waals surface area contributed by atoms with E-state index >= 15 is 0 Å². The van der Waals surface area contributed by atoms with Crippen LogP contribution in [0.2, 0.25) is 0 Å². The summed E-state index contributed by atoms with van der Waals surface area (Å²) in [4.78, 5) is 0.229. The van der Waals surface area contributed by atoms with Gasteiger partial charge in [0, 0.05) is 18.2 Å². The van der Waals surface area contributed by atoms with Crippen molar-refractivity contribution in [3.05, 3.63) is 47.9 Å². The van der Waals surface area contributed by atoms with E-state index < -0.39 is 10.0 Å². The molecule has 0 saturated carbocycles. The molecule has 5 nitrogen and oxygen atoms in total. The van der Waals surface area contributed by atoms with E-state index in [-0.39, 0.29) is 10.9 Å². The van der Waals surface area contributed by atoms with Crippen LogP contribution in [0.4, 0.5) is 5.69 Å². The molecule has 114 valence electrons. The van der Waals surface area contributed by atoms with E-state index in [9.17, 15) is 8.42 Å². The summed E-state index contributed by atoms with van der Waals surface area (Å²) in [6.07, 6.45) is 2.96. The highest BCUT2D eigenvalue weighted by Gasteiger charge is 2.19. The van der Waals surface area contributed by atoms with Crippen molar-refractivity contribution in [2.45, 2.75) is 37.6 Å². The zero-order valence-corrected chi connectivity index (χ0v) is 13.0. The van der Waals surface area contributed by atoms with Crippen molar-refractivity contribution >= 4 is 15.7 Å². The molecule has 0 bridgehead atoms. The average Bonchev–Trinajstić information content (AvgIpc) is 2.92. The van der Waals surface area contributed by atoms with E-state index in [1.54, 1.807) is 25.3 Å². The zero-order chi connectivity index (χ0) is 15.5. The highest BCUT2D eigenvalue weighted by molar-refractivity contribution is 7.89. The minimum Gasteiger partial charge on any atom is -0.469 e. The number of hydrogen-bond acceptors (Lipinski definition) is 4. The molecule has 1 aromatic heterocycles. The van der Waals surface area contributed by atoms with Crippen LogP contribution in [-0.2, 0) is 16.4 Å². The Labute approximate surface area is 125 Å². The molecular weight excluding hydrogens is 288 g/mol. The predicted molar refractivity (Wildman–Crippen MR) is 82.4 cm³/mol. The summed E-state index contributed by atoms with van der Waals surface area (Å²) in [6.45, 7) is 3.59. The smallest absolute Gasteiger partial charge is 0.241 e. The van der Waals surface area contributed by atoms with Gasteiger partial charge in [0.05, 0.1) is 11.2 Å². The van der Waals surface area contributed by atoms with Gasteiger partial charge < -0.3 is 10.2 Å². The lowest BCUT2D eigenvalue weighted by molar-refractivity contribution is 0.480. The van der Waals surface area contributed by atoms with Gasteiger partial charge in [-0.15, -0.1) is 0 Å². The van der Waals surface area contributed by atoms with Gasteiger partial charge in [-0.05, 0) is 50.1 Å². The van der Waals surface area contributed by atoms with Crippen LogP contribution < -0.4 is 10.5 Å². The van der Waals surface area contributed by atoms with Crippen molar-refractivity contribution < 1.29 is 12.8 Å². The molecule has 21 heavy (non-hydrogen) atoms. The molecule has 1 atom stereocenters. The van der Waals surface area contributed by atoms with Gasteiger partial charge in [0.15, 0.2) is 0 Å². The van der Waals surface area contributed by atoms with Crippen LogP contribution in [0.1, 0.15) is 24.7 Å². The summed E-state index contributed by atoms with van der Waals surface area (Å²) in [7, 11) is -3.56. The van der Waals surface area contributed by atoms with Crippen molar-refractivity contribution in [1.82, 2.24) is 4.72 Å². The summed E-state index contributed by atoms with van der Waals surface area (Å²) < 4.78 is 32.7. The first-order valence-corrected chi connectivity index (χ1v) is 8.27. The van der Waals surface area contributed by atoms with E-state index in [1.165, 1.54) is 6.07 Å². The molecule has 0 aliphatic heterocycles. The first-order valence-electron chi connectivity index (χ1n) is 6.79. The van der Waals surface area contributed by atoms with Gasteiger partial charge in [-0.1, -0.05) is 6.07 Å². The molecule has 2 aromatic rings. The molecule has 0 amide bonds. The van der Waals surface area contributed by atoms with Crippen LogP contribution in [0.5, 0.6) is 0 Å². The Bertz CT molecular complexity index is 694. The van der Waals surface area contributed by atoms with Crippen LogP contribution in [0.3, 0.4) is 0 Å². The Morgan fingerprint density at radius 1 is 1.33 bits per heavy atom. The highest BCUT2D eigenvalue weighted by atomic mass is 32.2. The molecule has 0 aliphatic carbocycles. The lowest BCUT2D eigenvalue weighted by Crippen LogP contribution is -2.33. The standard InChI is InChI=1S/C15H20N2O3S/c1-11-5-7-13(16)10-15(11)21(18,19)17-12(2)6-8-14-4-3-9-20-14/h3-5,7,9-10,12,17H,6,8,16H2,1-2H3. The van der Waals surface area contributed by atoms with Crippen molar-refractivity contribution in [2.75, 3.05) is 5.73 Å². The normalized spacial score (nSPS) is 13.2. The third-order valence-corrected chi connectivity index (χ3v) is 4.99. The Balaban J connectivity index is 2.04. The van der Waals surface area contributed by atoms with E-state index in [0.717, 1.165) is 5.76 Å². The van der Waals surface area contributed by atoms with Gasteiger partial charge in [0.2, 0.25) is 10.0 Å². The van der Waals surface area contributed by atoms with Crippen LogP contribution in [0.25, 0.3) is 0 Å². The number of furan rings is 1. The van der Waals surface area contributed by atoms with Crippen molar-refractivity contribution in [3.63, 3.8) is 0 Å². The van der Waals surface area contributed by atoms with Crippen molar-refractivity contribution in [2.24, 2.45) is 0 Å². The molecule has 0 aliphatic rings. The molecule has 0 radical (unpaired) electrons. The van der Waals surface area contributed by atoms with Gasteiger partial charge >= 0.3 is 0 Å². The molecule has 0 fully saturated rings. The van der Waals surface area contributed by atoms with E-state index in [4.69, 9.17) is 10.2 Å². The SMILES string of the molecule is Cc1ccc(N)cc1S(=O)(=O)NC(C)CCc1ccco1. The average molecular weight is 308 g/mol. The monoisotopic (exact) mass is 308 g/mol. The number of nitrogens with one attached hydrogen (secondary N) is 1. The molecule has 1 aromatic carbocycles. The van der Waals surface area contributed by atoms with E-state index in [0.29, 0.717) is 24.1 Å². The number of nitrogen functional groups attached to an aromatic ring is 1. The van der Waals surface area contributed by atoms with Gasteiger partial charge in [-0.3, -0.25) is 0 Å². The minimum atomic E-state index is -3.56. The van der Waals surface area contributed by atoms with Crippen LogP contribution >= 0.6 is 0 Å². The third-order valence-electron chi connectivity index (χ3n) is 3.26. The molecular formula is C15H20N2O3S. The quantitative estimate of drug-likeness (QED) is 0.803. The minimum absolute atomic E-state index is 0.194. The molecule has 6 heteroatoms. The fourth-order valence-corrected chi connectivity index (χ4v) is 3.66. The maximum absolute atomic E-state index is 12.4. The van der Waals surface area contributed by atoms with Crippen molar-refractivity contribution in [3.8, 4) is 0 Å². The number of rotatable bonds is 6. The van der Waals surface area contributed by atoms with E-state index in [1.807, 2.05) is 19.1 Å². The molecule has 1 unspecified atom stereocenters. The second kappa shape index (κ2) is 6.32. The third kappa shape index (κ3) is 4.09. The second-order valence-electron chi connectivity index (χ2n) is 5.17. The summed E-state index contributed by atoms with van der Waals surface area (Å²) in [6, 6.07) is 8.38. The number of nitrogens with two attached hydrogens (primary N) is 1. The topological polar surface area (TPSA) is 85.3 Å². The fourth-order valence-electron chi connectivity index (χ4n) is 2.11. The first kappa shape index (κ1) is 15.6. The van der Waals surface area contributed by atoms with Crippen LogP contribution in [0, 0.1) is 6.92 Å². The number of benzene rings is 1. The Kier molecular flexibility index (Phi) is 4.69. The first-order chi connectivity index (χ1) is 9.88. The molecule has 1 heterocycles. The van der Waals surface area contributed by atoms with Gasteiger partial charge in [-0.25, -0.2) is 13.1 Å². The summed E-state index contributed by atoms with van der Waals surface area (Å²) >= 11 is 0. The van der Waals surface area contributed by atoms with Gasteiger partial charge in [0.1, 0.15) is 5.76 Å². The van der Waals surface area contributed by atoms with Crippen LogP contribution in [-0.4, -0.2) is 14.5 Å². The second-order valence-corrected chi connectivity index (χ2v) is 6.85. The zero-order valence-electron chi connectivity index (χ0n) is 12.2. The Morgan fingerprint density at radius 2 is 2.10 bits per heavy atom. The Hall–Kier alpha value is -1.79. The Morgan fingerprint density at radius 3 is 2.76 bits per heavy atom. The molecule has 0 saturated heterocycles. The maximum atomic E-state index is 12.4. The summed E-state index contributed by atoms with van der Waals surface area (Å²) in [5.74, 6) is 0.848. The fraction of sp³-hybridized carbons (Fsp3) is 0.333. The number of aryl methyl sites for hydroxylation is 2. The number of hydrogen-bond donors (Lipinski definition) is 2. The predicted octanol–water partition coefficient (Wildman–Crippen LogP) is 2.47. The molecule has 0 spiro atoms. The highest BCUT2D eigenvalue weighted by Crippen LogP contribution is 2.19. The van der Waals surface area contributed by atoms with Gasteiger partial charge in [-0.2, -0.15) is 0 Å².